The van der Waals surface area contributed by atoms with Crippen LogP contribution in [0.5, 0.6) is 5.75 Å². The van der Waals surface area contributed by atoms with E-state index in [2.05, 4.69) is 20.7 Å². The molecule has 0 unspecified atom stereocenters. The summed E-state index contributed by atoms with van der Waals surface area (Å²) in [5.41, 5.74) is 6.67. The van der Waals surface area contributed by atoms with Crippen molar-refractivity contribution in [2.75, 3.05) is 0 Å². The van der Waals surface area contributed by atoms with Crippen LogP contribution in [0.1, 0.15) is 28.5 Å². The van der Waals surface area contributed by atoms with Crippen molar-refractivity contribution >= 4 is 34.8 Å². The van der Waals surface area contributed by atoms with Gasteiger partial charge in [0.1, 0.15) is 18.1 Å². The number of amides is 1. The van der Waals surface area contributed by atoms with Crippen molar-refractivity contribution in [2.24, 2.45) is 5.10 Å². The topological polar surface area (TPSA) is 79.4 Å². The second-order valence-corrected chi connectivity index (χ2v) is 8.05. The molecule has 0 saturated carbocycles. The Bertz CT molecular complexity index is 1300. The minimum Gasteiger partial charge on any atom is -0.489 e. The number of benzene rings is 3. The van der Waals surface area contributed by atoms with E-state index in [1.54, 1.807) is 31.2 Å². The quantitative estimate of drug-likeness (QED) is 0.248. The van der Waals surface area contributed by atoms with E-state index in [4.69, 9.17) is 27.9 Å². The fourth-order valence-corrected chi connectivity index (χ4v) is 3.35. The Morgan fingerprint density at radius 2 is 1.82 bits per heavy atom. The number of carbonyl (C=O) groups excluding carboxylic acids is 1. The van der Waals surface area contributed by atoms with Crippen LogP contribution in [0.4, 0.5) is 0 Å². The number of hydrogen-bond donors (Lipinski definition) is 2. The van der Waals surface area contributed by atoms with E-state index in [9.17, 15) is 4.79 Å². The zero-order valence-corrected chi connectivity index (χ0v) is 19.2. The highest BCUT2D eigenvalue weighted by molar-refractivity contribution is 6.42. The Morgan fingerprint density at radius 3 is 2.61 bits per heavy atom. The first kappa shape index (κ1) is 22.6. The lowest BCUT2D eigenvalue weighted by molar-refractivity contribution is 0.0950. The van der Waals surface area contributed by atoms with Crippen LogP contribution < -0.4 is 10.2 Å². The molecule has 6 nitrogen and oxygen atoms in total. The third-order valence-corrected chi connectivity index (χ3v) is 5.60. The molecule has 166 valence electrons. The van der Waals surface area contributed by atoms with Crippen molar-refractivity contribution in [3.63, 3.8) is 0 Å². The highest BCUT2D eigenvalue weighted by Gasteiger charge is 2.12. The molecule has 0 aliphatic rings. The highest BCUT2D eigenvalue weighted by atomic mass is 35.5. The van der Waals surface area contributed by atoms with Gasteiger partial charge in [-0.15, -0.1) is 0 Å². The number of rotatable bonds is 7. The van der Waals surface area contributed by atoms with Crippen molar-refractivity contribution < 1.29 is 9.53 Å². The predicted octanol–water partition coefficient (Wildman–Crippen LogP) is 6.12. The van der Waals surface area contributed by atoms with E-state index in [0.29, 0.717) is 33.8 Å². The van der Waals surface area contributed by atoms with Crippen LogP contribution in [0.15, 0.2) is 84.0 Å². The Hall–Kier alpha value is -3.61. The first-order valence-electron chi connectivity index (χ1n) is 10.1. The predicted molar refractivity (Wildman–Crippen MR) is 131 cm³/mol. The zero-order chi connectivity index (χ0) is 23.2. The summed E-state index contributed by atoms with van der Waals surface area (Å²) in [5, 5.41) is 12.0. The van der Waals surface area contributed by atoms with Gasteiger partial charge in [0.05, 0.1) is 21.5 Å². The molecular formula is C25H20Cl2N4O2. The summed E-state index contributed by atoms with van der Waals surface area (Å²) in [7, 11) is 0. The van der Waals surface area contributed by atoms with Crippen molar-refractivity contribution in [1.29, 1.82) is 0 Å². The normalized spacial score (nSPS) is 11.3. The van der Waals surface area contributed by atoms with Gasteiger partial charge in [-0.1, -0.05) is 71.7 Å². The summed E-state index contributed by atoms with van der Waals surface area (Å²) < 4.78 is 5.88. The van der Waals surface area contributed by atoms with Gasteiger partial charge in [0.2, 0.25) is 0 Å². The molecule has 1 amide bonds. The Kier molecular flexibility index (Phi) is 7.07. The lowest BCUT2D eigenvalue weighted by Crippen LogP contribution is -2.19. The van der Waals surface area contributed by atoms with E-state index in [1.165, 1.54) is 0 Å². The Morgan fingerprint density at radius 1 is 1.00 bits per heavy atom. The number of hydrazone groups is 1. The molecule has 0 spiro atoms. The van der Waals surface area contributed by atoms with Gasteiger partial charge in [-0.2, -0.15) is 10.2 Å². The molecule has 1 heterocycles. The summed E-state index contributed by atoms with van der Waals surface area (Å²) in [6.07, 6.45) is 0. The van der Waals surface area contributed by atoms with Crippen LogP contribution >= 0.6 is 23.2 Å². The van der Waals surface area contributed by atoms with Crippen LogP contribution in [-0.4, -0.2) is 21.8 Å². The molecule has 3 aromatic carbocycles. The van der Waals surface area contributed by atoms with Gasteiger partial charge in [-0.05, 0) is 48.4 Å². The Balaban J connectivity index is 1.42. The second kappa shape index (κ2) is 10.3. The maximum atomic E-state index is 12.5. The average Bonchev–Trinajstić information content (AvgIpc) is 3.34. The molecular weight excluding hydrogens is 459 g/mol. The molecule has 4 rings (SSSR count). The standard InChI is InChI=1S/C25H20Cl2N4O2/c1-16(18-10-11-21(26)22(27)13-18)28-31-25(32)24-14-23(29-30-24)19-8-5-9-20(12-19)33-15-17-6-3-2-4-7-17/h2-14H,15H2,1H3,(H,29,30)(H,31,32)/b28-16+. The maximum Gasteiger partial charge on any atom is 0.289 e. The molecule has 4 aromatic rings. The number of carbonyl (C=O) groups is 1. The molecule has 0 aliphatic heterocycles. The number of nitrogens with one attached hydrogen (secondary N) is 2. The molecule has 0 saturated heterocycles. The third kappa shape index (κ3) is 5.80. The van der Waals surface area contributed by atoms with Gasteiger partial charge in [0, 0.05) is 5.56 Å². The van der Waals surface area contributed by atoms with E-state index >= 15 is 0 Å². The van der Waals surface area contributed by atoms with Gasteiger partial charge in [-0.25, -0.2) is 5.43 Å². The fraction of sp³-hybridized carbons (Fsp3) is 0.0800. The molecule has 0 atom stereocenters. The molecule has 0 fully saturated rings. The second-order valence-electron chi connectivity index (χ2n) is 7.24. The number of aromatic nitrogens is 2. The summed E-state index contributed by atoms with van der Waals surface area (Å²) in [5.74, 6) is 0.303. The number of halogens is 2. The number of aromatic amines is 1. The molecule has 33 heavy (non-hydrogen) atoms. The summed E-state index contributed by atoms with van der Waals surface area (Å²) in [6, 6.07) is 24.3. The number of nitrogens with zero attached hydrogens (tertiary/aromatic N) is 2. The van der Waals surface area contributed by atoms with Crippen LogP contribution in [0.2, 0.25) is 10.0 Å². The molecule has 0 bridgehead atoms. The molecule has 0 aliphatic carbocycles. The average molecular weight is 479 g/mol. The van der Waals surface area contributed by atoms with Gasteiger partial charge >= 0.3 is 0 Å². The van der Waals surface area contributed by atoms with Gasteiger partial charge in [-0.3, -0.25) is 9.89 Å². The SMILES string of the molecule is C/C(=N\NC(=O)c1cc(-c2cccc(OCc3ccccc3)c2)n[nH]1)c1ccc(Cl)c(Cl)c1. The smallest absolute Gasteiger partial charge is 0.289 e. The highest BCUT2D eigenvalue weighted by Crippen LogP contribution is 2.24. The zero-order valence-electron chi connectivity index (χ0n) is 17.7. The largest absolute Gasteiger partial charge is 0.489 e. The van der Waals surface area contributed by atoms with Crippen molar-refractivity contribution in [3.05, 3.63) is 106 Å². The van der Waals surface area contributed by atoms with Crippen molar-refractivity contribution in [1.82, 2.24) is 15.6 Å². The van der Waals surface area contributed by atoms with E-state index < -0.39 is 5.91 Å². The van der Waals surface area contributed by atoms with E-state index in [-0.39, 0.29) is 5.69 Å². The Labute approximate surface area is 201 Å². The molecule has 0 radical (unpaired) electrons. The lowest BCUT2D eigenvalue weighted by atomic mass is 10.1. The minimum atomic E-state index is -0.412. The molecule has 1 aromatic heterocycles. The number of hydrogen-bond acceptors (Lipinski definition) is 4. The van der Waals surface area contributed by atoms with Crippen LogP contribution in [0.3, 0.4) is 0 Å². The third-order valence-electron chi connectivity index (χ3n) is 4.86. The van der Waals surface area contributed by atoms with Crippen LogP contribution in [-0.2, 0) is 6.61 Å². The van der Waals surface area contributed by atoms with Crippen molar-refractivity contribution in [3.8, 4) is 17.0 Å². The van der Waals surface area contributed by atoms with Gasteiger partial charge in [0.25, 0.3) is 5.91 Å². The fourth-order valence-electron chi connectivity index (χ4n) is 3.05. The van der Waals surface area contributed by atoms with Gasteiger partial charge < -0.3 is 4.74 Å². The van der Waals surface area contributed by atoms with Gasteiger partial charge in [0.15, 0.2) is 0 Å². The monoisotopic (exact) mass is 478 g/mol. The van der Waals surface area contributed by atoms with E-state index in [0.717, 1.165) is 16.7 Å². The first-order valence-corrected chi connectivity index (χ1v) is 10.9. The first-order chi connectivity index (χ1) is 16.0. The van der Waals surface area contributed by atoms with E-state index in [1.807, 2.05) is 54.6 Å². The minimum absolute atomic E-state index is 0.284. The van der Waals surface area contributed by atoms with Crippen LogP contribution in [0, 0.1) is 0 Å². The number of ether oxygens (including phenoxy) is 1. The van der Waals surface area contributed by atoms with Crippen LogP contribution in [0.25, 0.3) is 11.3 Å². The summed E-state index contributed by atoms with van der Waals surface area (Å²) in [6.45, 7) is 2.23. The maximum absolute atomic E-state index is 12.5. The molecule has 2 N–H and O–H groups in total. The number of H-pyrrole nitrogens is 1. The lowest BCUT2D eigenvalue weighted by Gasteiger charge is -2.07. The molecule has 8 heteroatoms. The summed E-state index contributed by atoms with van der Waals surface area (Å²) >= 11 is 12.0. The summed E-state index contributed by atoms with van der Waals surface area (Å²) in [4.78, 5) is 12.5. The van der Waals surface area contributed by atoms with Crippen molar-refractivity contribution in [2.45, 2.75) is 13.5 Å².